The van der Waals surface area contributed by atoms with Crippen LogP contribution in [-0.4, -0.2) is 48.2 Å². The lowest BCUT2D eigenvalue weighted by atomic mass is 10.2. The minimum Gasteiger partial charge on any atom is -0.377 e. The molecule has 1 fully saturated rings. The standard InChI is InChI=1S/C12H17BrN4O2/c1-3-14-12(18)9-7-19-5-4-17(9)11-6-10(13)15-8(2)16-11/h6,9H,3-5,7H2,1-2H3,(H,14,18). The second-order valence-electron chi connectivity index (χ2n) is 4.27. The van der Waals surface area contributed by atoms with E-state index in [-0.39, 0.29) is 11.9 Å². The zero-order valence-electron chi connectivity index (χ0n) is 11.0. The van der Waals surface area contributed by atoms with Gasteiger partial charge in [-0.25, -0.2) is 9.97 Å². The fraction of sp³-hybridized carbons (Fsp3) is 0.583. The van der Waals surface area contributed by atoms with Gasteiger partial charge in [0.1, 0.15) is 22.3 Å². The number of morpholine rings is 1. The molecule has 1 aliphatic rings. The minimum absolute atomic E-state index is 0.0328. The van der Waals surface area contributed by atoms with E-state index in [1.165, 1.54) is 0 Å². The van der Waals surface area contributed by atoms with Crippen molar-refractivity contribution in [3.63, 3.8) is 0 Å². The summed E-state index contributed by atoms with van der Waals surface area (Å²) in [7, 11) is 0. The molecule has 1 aliphatic heterocycles. The van der Waals surface area contributed by atoms with E-state index in [2.05, 4.69) is 31.2 Å². The summed E-state index contributed by atoms with van der Waals surface area (Å²) in [6.45, 7) is 5.95. The van der Waals surface area contributed by atoms with Crippen molar-refractivity contribution in [2.75, 3.05) is 31.2 Å². The van der Waals surface area contributed by atoms with Gasteiger partial charge in [0, 0.05) is 19.2 Å². The van der Waals surface area contributed by atoms with Crippen molar-refractivity contribution in [1.29, 1.82) is 0 Å². The molecule has 1 N–H and O–H groups in total. The molecule has 1 aromatic heterocycles. The zero-order valence-corrected chi connectivity index (χ0v) is 12.6. The maximum atomic E-state index is 12.1. The molecule has 2 rings (SSSR count). The van der Waals surface area contributed by atoms with Gasteiger partial charge in [-0.15, -0.1) is 0 Å². The van der Waals surface area contributed by atoms with Crippen molar-refractivity contribution in [1.82, 2.24) is 15.3 Å². The number of carbonyl (C=O) groups is 1. The molecule has 6 nitrogen and oxygen atoms in total. The van der Waals surface area contributed by atoms with Crippen LogP contribution in [0.15, 0.2) is 10.7 Å². The van der Waals surface area contributed by atoms with Crippen LogP contribution in [0.3, 0.4) is 0 Å². The first-order chi connectivity index (χ1) is 9.11. The lowest BCUT2D eigenvalue weighted by Gasteiger charge is -2.35. The lowest BCUT2D eigenvalue weighted by Crippen LogP contribution is -2.54. The van der Waals surface area contributed by atoms with Crippen LogP contribution in [0.2, 0.25) is 0 Å². The number of aromatic nitrogens is 2. The van der Waals surface area contributed by atoms with Gasteiger partial charge in [0.15, 0.2) is 0 Å². The molecule has 1 unspecified atom stereocenters. The number of ether oxygens (including phenoxy) is 1. The topological polar surface area (TPSA) is 67.3 Å². The normalized spacial score (nSPS) is 19.3. The van der Waals surface area contributed by atoms with E-state index in [0.717, 1.165) is 10.4 Å². The molecule has 1 atom stereocenters. The Labute approximate surface area is 120 Å². The number of nitrogens with one attached hydrogen (secondary N) is 1. The zero-order chi connectivity index (χ0) is 13.8. The molecule has 1 amide bonds. The highest BCUT2D eigenvalue weighted by molar-refractivity contribution is 9.10. The van der Waals surface area contributed by atoms with E-state index in [0.29, 0.717) is 32.1 Å². The number of hydrogen-bond acceptors (Lipinski definition) is 5. The maximum Gasteiger partial charge on any atom is 0.245 e. The molecule has 19 heavy (non-hydrogen) atoms. The van der Waals surface area contributed by atoms with E-state index >= 15 is 0 Å². The summed E-state index contributed by atoms with van der Waals surface area (Å²) < 4.78 is 6.12. The Morgan fingerprint density at radius 3 is 3.11 bits per heavy atom. The van der Waals surface area contributed by atoms with Gasteiger partial charge in [0.2, 0.25) is 5.91 Å². The molecule has 1 aromatic rings. The van der Waals surface area contributed by atoms with Crippen molar-refractivity contribution in [2.45, 2.75) is 19.9 Å². The summed E-state index contributed by atoms with van der Waals surface area (Å²) in [6.07, 6.45) is 0. The van der Waals surface area contributed by atoms with Crippen molar-refractivity contribution < 1.29 is 9.53 Å². The summed E-state index contributed by atoms with van der Waals surface area (Å²) >= 11 is 3.36. The predicted molar refractivity (Wildman–Crippen MR) is 75.1 cm³/mol. The SMILES string of the molecule is CCNC(=O)C1COCCN1c1cc(Br)nc(C)n1. The molecule has 0 spiro atoms. The molecule has 2 heterocycles. The van der Waals surface area contributed by atoms with Crippen LogP contribution >= 0.6 is 15.9 Å². The minimum atomic E-state index is -0.338. The van der Waals surface area contributed by atoms with Gasteiger partial charge in [-0.3, -0.25) is 4.79 Å². The summed E-state index contributed by atoms with van der Waals surface area (Å²) in [4.78, 5) is 22.6. The van der Waals surface area contributed by atoms with Crippen molar-refractivity contribution >= 4 is 27.7 Å². The second-order valence-corrected chi connectivity index (χ2v) is 5.09. The quantitative estimate of drug-likeness (QED) is 0.834. The van der Waals surface area contributed by atoms with Crippen LogP contribution in [0, 0.1) is 6.92 Å². The first kappa shape index (κ1) is 14.2. The number of aryl methyl sites for hydroxylation is 1. The van der Waals surface area contributed by atoms with Crippen LogP contribution in [0.25, 0.3) is 0 Å². The first-order valence-electron chi connectivity index (χ1n) is 6.25. The van der Waals surface area contributed by atoms with Gasteiger partial charge in [-0.2, -0.15) is 0 Å². The number of carbonyl (C=O) groups excluding carboxylic acids is 1. The molecule has 0 saturated carbocycles. The van der Waals surface area contributed by atoms with Gasteiger partial charge >= 0.3 is 0 Å². The third-order valence-electron chi connectivity index (χ3n) is 2.87. The average Bonchev–Trinajstić information content (AvgIpc) is 2.38. The summed E-state index contributed by atoms with van der Waals surface area (Å²) in [5.41, 5.74) is 0. The third kappa shape index (κ3) is 3.42. The number of nitrogens with zero attached hydrogens (tertiary/aromatic N) is 3. The second kappa shape index (κ2) is 6.29. The van der Waals surface area contributed by atoms with Crippen molar-refractivity contribution in [2.24, 2.45) is 0 Å². The molecule has 0 radical (unpaired) electrons. The monoisotopic (exact) mass is 328 g/mol. The predicted octanol–water partition coefficient (Wildman–Crippen LogP) is 0.889. The molecule has 0 bridgehead atoms. The smallest absolute Gasteiger partial charge is 0.245 e. The Hall–Kier alpha value is -1.21. The highest BCUT2D eigenvalue weighted by Gasteiger charge is 2.30. The fourth-order valence-electron chi connectivity index (χ4n) is 2.05. The third-order valence-corrected chi connectivity index (χ3v) is 3.28. The van der Waals surface area contributed by atoms with Gasteiger partial charge in [0.25, 0.3) is 0 Å². The lowest BCUT2D eigenvalue weighted by molar-refractivity contribution is -0.124. The first-order valence-corrected chi connectivity index (χ1v) is 7.04. The molecular weight excluding hydrogens is 312 g/mol. The molecule has 0 aliphatic carbocycles. The summed E-state index contributed by atoms with van der Waals surface area (Å²) in [5, 5.41) is 2.83. The Kier molecular flexibility index (Phi) is 4.71. The van der Waals surface area contributed by atoms with Crippen LogP contribution in [-0.2, 0) is 9.53 Å². The van der Waals surface area contributed by atoms with Gasteiger partial charge in [-0.05, 0) is 29.8 Å². The molecule has 7 heteroatoms. The number of rotatable bonds is 3. The van der Waals surface area contributed by atoms with Crippen molar-refractivity contribution in [3.05, 3.63) is 16.5 Å². The fourth-order valence-corrected chi connectivity index (χ4v) is 2.51. The molecular formula is C12H17BrN4O2. The number of halogens is 1. The molecule has 104 valence electrons. The van der Waals surface area contributed by atoms with Crippen LogP contribution in [0.5, 0.6) is 0 Å². The van der Waals surface area contributed by atoms with E-state index in [9.17, 15) is 4.79 Å². The number of hydrogen-bond donors (Lipinski definition) is 1. The van der Waals surface area contributed by atoms with E-state index in [1.807, 2.05) is 24.8 Å². The summed E-state index contributed by atoms with van der Waals surface area (Å²) in [6, 6.07) is 1.49. The molecule has 0 aromatic carbocycles. The Morgan fingerprint density at radius 2 is 2.42 bits per heavy atom. The van der Waals surface area contributed by atoms with Crippen LogP contribution in [0.1, 0.15) is 12.7 Å². The highest BCUT2D eigenvalue weighted by Crippen LogP contribution is 2.20. The van der Waals surface area contributed by atoms with E-state index < -0.39 is 0 Å². The van der Waals surface area contributed by atoms with E-state index in [1.54, 1.807) is 0 Å². The Morgan fingerprint density at radius 1 is 1.63 bits per heavy atom. The van der Waals surface area contributed by atoms with Gasteiger partial charge in [0.05, 0.1) is 13.2 Å². The molecule has 1 saturated heterocycles. The number of likely N-dealkylation sites (N-methyl/N-ethyl adjacent to an activating group) is 1. The Bertz CT molecular complexity index is 449. The highest BCUT2D eigenvalue weighted by atomic mass is 79.9. The summed E-state index contributed by atoms with van der Waals surface area (Å²) in [5.74, 6) is 1.39. The van der Waals surface area contributed by atoms with Crippen LogP contribution < -0.4 is 10.2 Å². The largest absolute Gasteiger partial charge is 0.377 e. The number of anilines is 1. The maximum absolute atomic E-state index is 12.1. The van der Waals surface area contributed by atoms with Gasteiger partial charge in [-0.1, -0.05) is 0 Å². The van der Waals surface area contributed by atoms with Crippen LogP contribution in [0.4, 0.5) is 5.82 Å². The van der Waals surface area contributed by atoms with E-state index in [4.69, 9.17) is 4.74 Å². The number of amides is 1. The average molecular weight is 329 g/mol. The Balaban J connectivity index is 2.25. The van der Waals surface area contributed by atoms with Crippen molar-refractivity contribution in [3.8, 4) is 0 Å². The van der Waals surface area contributed by atoms with Gasteiger partial charge < -0.3 is 15.0 Å².